The highest BCUT2D eigenvalue weighted by Gasteiger charge is 2.10. The van der Waals surface area contributed by atoms with Crippen molar-refractivity contribution in [3.63, 3.8) is 0 Å². The minimum atomic E-state index is 0.693. The zero-order valence-corrected chi connectivity index (χ0v) is 14.6. The second-order valence-corrected chi connectivity index (χ2v) is 6.84. The molecule has 0 amide bonds. The lowest BCUT2D eigenvalue weighted by atomic mass is 10.2. The van der Waals surface area contributed by atoms with Crippen LogP contribution in [0.1, 0.15) is 17.4 Å². The third-order valence-corrected chi connectivity index (χ3v) is 4.79. The van der Waals surface area contributed by atoms with E-state index < -0.39 is 0 Å². The lowest BCUT2D eigenvalue weighted by Crippen LogP contribution is -2.18. The second-order valence-electron chi connectivity index (χ2n) is 4.52. The number of anilines is 1. The van der Waals surface area contributed by atoms with Crippen LogP contribution in [0.25, 0.3) is 0 Å². The van der Waals surface area contributed by atoms with E-state index >= 15 is 0 Å². The highest BCUT2D eigenvalue weighted by Crippen LogP contribution is 2.27. The molecule has 3 nitrogen and oxygen atoms in total. The fourth-order valence-corrected chi connectivity index (χ4v) is 3.70. The maximum absolute atomic E-state index is 6.34. The van der Waals surface area contributed by atoms with Crippen molar-refractivity contribution in [2.45, 2.75) is 20.0 Å². The summed E-state index contributed by atoms with van der Waals surface area (Å²) in [7, 11) is 2.01. The van der Waals surface area contributed by atoms with Crippen molar-refractivity contribution >= 4 is 44.7 Å². The summed E-state index contributed by atoms with van der Waals surface area (Å²) >= 11 is 11.5. The molecule has 6 heteroatoms. The predicted octanol–water partition coefficient (Wildman–Crippen LogP) is 4.30. The Morgan fingerprint density at radius 2 is 2.25 bits per heavy atom. The highest BCUT2D eigenvalue weighted by molar-refractivity contribution is 9.10. The fraction of sp³-hybridized carbons (Fsp3) is 0.357. The van der Waals surface area contributed by atoms with Gasteiger partial charge in [0, 0.05) is 34.5 Å². The van der Waals surface area contributed by atoms with Gasteiger partial charge in [-0.05, 0) is 40.2 Å². The Kier molecular flexibility index (Phi) is 5.84. The van der Waals surface area contributed by atoms with Crippen LogP contribution in [-0.4, -0.2) is 18.6 Å². The molecule has 0 atom stereocenters. The van der Waals surface area contributed by atoms with E-state index in [1.54, 1.807) is 11.3 Å². The van der Waals surface area contributed by atoms with Crippen molar-refractivity contribution in [3.05, 3.63) is 43.6 Å². The van der Waals surface area contributed by atoms with Crippen molar-refractivity contribution in [1.29, 1.82) is 0 Å². The van der Waals surface area contributed by atoms with Gasteiger partial charge in [0.15, 0.2) is 0 Å². The summed E-state index contributed by atoms with van der Waals surface area (Å²) in [4.78, 5) is 7.82. The van der Waals surface area contributed by atoms with Gasteiger partial charge in [0.1, 0.15) is 5.82 Å². The van der Waals surface area contributed by atoms with Crippen LogP contribution in [0, 0.1) is 0 Å². The number of aromatic nitrogens is 1. The number of halogens is 2. The van der Waals surface area contributed by atoms with Gasteiger partial charge in [0.2, 0.25) is 0 Å². The topological polar surface area (TPSA) is 28.2 Å². The van der Waals surface area contributed by atoms with Crippen LogP contribution < -0.4 is 10.2 Å². The first-order valence-corrected chi connectivity index (χ1v) is 8.44. The molecule has 2 heterocycles. The molecule has 108 valence electrons. The minimum absolute atomic E-state index is 0.693. The molecule has 0 spiro atoms. The van der Waals surface area contributed by atoms with E-state index in [4.69, 9.17) is 11.6 Å². The van der Waals surface area contributed by atoms with Crippen molar-refractivity contribution in [2.75, 3.05) is 18.5 Å². The molecule has 0 aromatic carbocycles. The van der Waals surface area contributed by atoms with Crippen LogP contribution >= 0.6 is 38.9 Å². The van der Waals surface area contributed by atoms with Gasteiger partial charge in [-0.3, -0.25) is 0 Å². The summed E-state index contributed by atoms with van der Waals surface area (Å²) in [6.07, 6.45) is 1.88. The van der Waals surface area contributed by atoms with Crippen molar-refractivity contribution in [1.82, 2.24) is 10.3 Å². The Morgan fingerprint density at radius 3 is 2.85 bits per heavy atom. The first-order chi connectivity index (χ1) is 9.60. The molecule has 0 fully saturated rings. The van der Waals surface area contributed by atoms with Crippen LogP contribution in [0.2, 0.25) is 5.02 Å². The van der Waals surface area contributed by atoms with Gasteiger partial charge in [-0.25, -0.2) is 4.98 Å². The summed E-state index contributed by atoms with van der Waals surface area (Å²) in [5.41, 5.74) is 1.10. The largest absolute Gasteiger partial charge is 0.353 e. The monoisotopic (exact) mass is 373 g/mol. The first kappa shape index (κ1) is 15.8. The number of hydrogen-bond donors (Lipinski definition) is 1. The highest BCUT2D eigenvalue weighted by atomic mass is 79.9. The summed E-state index contributed by atoms with van der Waals surface area (Å²) in [5, 5.41) is 6.04. The van der Waals surface area contributed by atoms with Crippen LogP contribution in [-0.2, 0) is 13.1 Å². The van der Waals surface area contributed by atoms with Crippen LogP contribution in [0.4, 0.5) is 5.82 Å². The van der Waals surface area contributed by atoms with Crippen molar-refractivity contribution < 1.29 is 0 Å². The van der Waals surface area contributed by atoms with Crippen LogP contribution in [0.5, 0.6) is 0 Å². The third kappa shape index (κ3) is 4.19. The molecule has 2 rings (SSSR count). The molecule has 1 N–H and O–H groups in total. The Morgan fingerprint density at radius 1 is 1.45 bits per heavy atom. The Balaban J connectivity index is 2.07. The summed E-state index contributed by atoms with van der Waals surface area (Å²) in [5.74, 6) is 0.816. The van der Waals surface area contributed by atoms with Gasteiger partial charge >= 0.3 is 0 Å². The lowest BCUT2D eigenvalue weighted by molar-refractivity contribution is 0.724. The Hall–Kier alpha value is -0.620. The molecule has 0 unspecified atom stereocenters. The van der Waals surface area contributed by atoms with Gasteiger partial charge in [0.05, 0.1) is 11.6 Å². The first-order valence-electron chi connectivity index (χ1n) is 6.39. The molecule has 0 bridgehead atoms. The normalized spacial score (nSPS) is 10.8. The van der Waals surface area contributed by atoms with E-state index in [2.05, 4.69) is 49.5 Å². The molecule has 0 aliphatic carbocycles. The molecule has 2 aromatic heterocycles. The molecule has 0 aliphatic heterocycles. The average Bonchev–Trinajstić information content (AvgIpc) is 2.81. The second kappa shape index (κ2) is 7.41. The quantitative estimate of drug-likeness (QED) is 0.817. The van der Waals surface area contributed by atoms with Crippen LogP contribution in [0.3, 0.4) is 0 Å². The third-order valence-electron chi connectivity index (χ3n) is 2.83. The zero-order valence-electron chi connectivity index (χ0n) is 11.5. The van der Waals surface area contributed by atoms with Crippen molar-refractivity contribution in [3.8, 4) is 0 Å². The molecule has 20 heavy (non-hydrogen) atoms. The van der Waals surface area contributed by atoms with E-state index in [1.165, 1.54) is 4.88 Å². The summed E-state index contributed by atoms with van der Waals surface area (Å²) in [6.45, 7) is 4.61. The minimum Gasteiger partial charge on any atom is -0.353 e. The fourth-order valence-electron chi connectivity index (χ4n) is 1.86. The van der Waals surface area contributed by atoms with E-state index in [0.717, 1.165) is 35.5 Å². The number of nitrogens with one attached hydrogen (secondary N) is 1. The van der Waals surface area contributed by atoms with Crippen molar-refractivity contribution in [2.24, 2.45) is 0 Å². The van der Waals surface area contributed by atoms with E-state index in [9.17, 15) is 0 Å². The average molecular weight is 375 g/mol. The molecule has 0 saturated heterocycles. The molecule has 2 aromatic rings. The van der Waals surface area contributed by atoms with Gasteiger partial charge in [0.25, 0.3) is 0 Å². The number of rotatable bonds is 6. The van der Waals surface area contributed by atoms with Gasteiger partial charge in [-0.15, -0.1) is 11.3 Å². The van der Waals surface area contributed by atoms with Crippen LogP contribution in [0.15, 0.2) is 28.2 Å². The van der Waals surface area contributed by atoms with Gasteiger partial charge in [-0.2, -0.15) is 0 Å². The molecule has 0 radical (unpaired) electrons. The molecular formula is C14H17BrClN3S. The maximum atomic E-state index is 6.34. The SMILES string of the molecule is CCNCc1cnc(N(C)Cc2cc(Br)cs2)c(Cl)c1. The molecule has 0 saturated carbocycles. The standard InChI is InChI=1S/C14H17BrClN3S/c1-3-17-6-10-4-13(16)14(18-7-10)19(2)8-12-5-11(15)9-20-12/h4-5,7,9,17H,3,6,8H2,1-2H3. The summed E-state index contributed by atoms with van der Waals surface area (Å²) in [6, 6.07) is 4.10. The van der Waals surface area contributed by atoms with E-state index in [0.29, 0.717) is 5.02 Å². The molecule has 0 aliphatic rings. The molecular weight excluding hydrogens is 358 g/mol. The number of nitrogens with zero attached hydrogens (tertiary/aromatic N) is 2. The maximum Gasteiger partial charge on any atom is 0.147 e. The number of thiophene rings is 1. The number of hydrogen-bond acceptors (Lipinski definition) is 4. The lowest BCUT2D eigenvalue weighted by Gasteiger charge is -2.19. The zero-order chi connectivity index (χ0) is 14.5. The van der Waals surface area contributed by atoms with Gasteiger partial charge in [-0.1, -0.05) is 18.5 Å². The number of pyridine rings is 1. The van der Waals surface area contributed by atoms with Gasteiger partial charge < -0.3 is 10.2 Å². The Bertz CT molecular complexity index is 573. The summed E-state index contributed by atoms with van der Waals surface area (Å²) < 4.78 is 1.12. The van der Waals surface area contributed by atoms with E-state index in [-0.39, 0.29) is 0 Å². The van der Waals surface area contributed by atoms with E-state index in [1.807, 2.05) is 19.3 Å². The Labute approximate surface area is 137 Å². The smallest absolute Gasteiger partial charge is 0.147 e. The predicted molar refractivity (Wildman–Crippen MR) is 90.8 cm³/mol.